The normalized spacial score (nSPS) is 22.9. The maximum atomic E-state index is 4.25. The molecule has 1 aromatic rings. The van der Waals surface area contributed by atoms with E-state index in [1.165, 1.54) is 18.4 Å². The second-order valence-corrected chi connectivity index (χ2v) is 4.30. The van der Waals surface area contributed by atoms with E-state index in [9.17, 15) is 0 Å². The van der Waals surface area contributed by atoms with Gasteiger partial charge in [-0.2, -0.15) is 0 Å². The molecule has 0 radical (unpaired) electrons. The van der Waals surface area contributed by atoms with Crippen LogP contribution >= 0.6 is 15.9 Å². The molecule has 0 amide bonds. The summed E-state index contributed by atoms with van der Waals surface area (Å²) in [5.74, 6) is 0. The van der Waals surface area contributed by atoms with E-state index in [1.807, 2.05) is 19.3 Å². The van der Waals surface area contributed by atoms with E-state index in [0.717, 1.165) is 11.1 Å². The van der Waals surface area contributed by atoms with Crippen molar-refractivity contribution in [2.45, 2.75) is 18.9 Å². The molecular weight excluding hydrogens is 242 g/mol. The molecule has 76 valence electrons. The van der Waals surface area contributed by atoms with Crippen LogP contribution in [0.2, 0.25) is 0 Å². The van der Waals surface area contributed by atoms with E-state index in [-0.39, 0.29) is 0 Å². The van der Waals surface area contributed by atoms with Gasteiger partial charge in [-0.3, -0.25) is 5.43 Å². The number of aromatic nitrogens is 1. The summed E-state index contributed by atoms with van der Waals surface area (Å²) in [5, 5.41) is 2.27. The predicted octanol–water partition coefficient (Wildman–Crippen LogP) is 2.12. The Bertz CT molecular complexity index is 299. The summed E-state index contributed by atoms with van der Waals surface area (Å²) in [6.07, 6.45) is 4.41. The number of hydrazine groups is 1. The molecule has 1 N–H and O–H groups in total. The van der Waals surface area contributed by atoms with Crippen molar-refractivity contribution in [2.75, 3.05) is 13.6 Å². The van der Waals surface area contributed by atoms with Gasteiger partial charge in [-0.1, -0.05) is 6.07 Å². The van der Waals surface area contributed by atoms with E-state index in [1.54, 1.807) is 0 Å². The third-order valence-electron chi connectivity index (χ3n) is 2.68. The Hall–Kier alpha value is -0.450. The topological polar surface area (TPSA) is 28.2 Å². The highest BCUT2D eigenvalue weighted by Gasteiger charge is 2.24. The fourth-order valence-electron chi connectivity index (χ4n) is 1.97. The second-order valence-electron chi connectivity index (χ2n) is 3.49. The summed E-state index contributed by atoms with van der Waals surface area (Å²) in [6.45, 7) is 1.12. The van der Waals surface area contributed by atoms with Crippen LogP contribution in [0.3, 0.4) is 0 Å². The predicted molar refractivity (Wildman–Crippen MR) is 59.7 cm³/mol. The van der Waals surface area contributed by atoms with Gasteiger partial charge in [-0.15, -0.1) is 0 Å². The van der Waals surface area contributed by atoms with Crippen LogP contribution in [-0.2, 0) is 0 Å². The zero-order valence-corrected chi connectivity index (χ0v) is 9.79. The summed E-state index contributed by atoms with van der Waals surface area (Å²) < 4.78 is 0.898. The van der Waals surface area contributed by atoms with Crippen molar-refractivity contribution in [3.8, 4) is 0 Å². The maximum Gasteiger partial charge on any atom is 0.106 e. The summed E-state index contributed by atoms with van der Waals surface area (Å²) in [6, 6.07) is 4.62. The van der Waals surface area contributed by atoms with Crippen LogP contribution in [0.25, 0.3) is 0 Å². The molecular formula is C10H14BrN3. The van der Waals surface area contributed by atoms with Crippen LogP contribution in [0.1, 0.15) is 24.4 Å². The van der Waals surface area contributed by atoms with Gasteiger partial charge in [0, 0.05) is 12.7 Å². The lowest BCUT2D eigenvalue weighted by molar-refractivity contribution is 0.190. The van der Waals surface area contributed by atoms with Crippen LogP contribution in [0, 0.1) is 0 Å². The van der Waals surface area contributed by atoms with Gasteiger partial charge in [0.25, 0.3) is 0 Å². The zero-order valence-electron chi connectivity index (χ0n) is 8.20. The van der Waals surface area contributed by atoms with Gasteiger partial charge in [0.05, 0.1) is 6.04 Å². The Morgan fingerprint density at radius 3 is 3.07 bits per heavy atom. The molecule has 1 aromatic heterocycles. The minimum atomic E-state index is 0.487. The first-order valence-corrected chi connectivity index (χ1v) is 5.66. The number of pyridine rings is 1. The minimum Gasteiger partial charge on any atom is -0.258 e. The Labute approximate surface area is 92.6 Å². The van der Waals surface area contributed by atoms with Gasteiger partial charge >= 0.3 is 0 Å². The molecule has 1 fully saturated rings. The molecule has 0 unspecified atom stereocenters. The fraction of sp³-hybridized carbons (Fsp3) is 0.500. The molecule has 0 spiro atoms. The quantitative estimate of drug-likeness (QED) is 0.821. The number of hydrogen-bond acceptors (Lipinski definition) is 3. The van der Waals surface area contributed by atoms with Crippen molar-refractivity contribution in [2.24, 2.45) is 0 Å². The third kappa shape index (κ3) is 1.97. The van der Waals surface area contributed by atoms with Gasteiger partial charge in [-0.25, -0.2) is 9.99 Å². The fourth-order valence-corrected chi connectivity index (χ4v) is 2.20. The lowest BCUT2D eigenvalue weighted by Crippen LogP contribution is -2.34. The molecule has 2 heterocycles. The lowest BCUT2D eigenvalue weighted by atomic mass is 10.1. The highest BCUT2D eigenvalue weighted by atomic mass is 79.9. The van der Waals surface area contributed by atoms with Crippen molar-refractivity contribution in [1.82, 2.24) is 15.4 Å². The summed E-state index contributed by atoms with van der Waals surface area (Å²) >= 11 is 3.35. The molecule has 4 heteroatoms. The molecule has 1 atom stereocenters. The Balaban J connectivity index is 2.17. The minimum absolute atomic E-state index is 0.487. The molecule has 14 heavy (non-hydrogen) atoms. The average molecular weight is 256 g/mol. The summed E-state index contributed by atoms with van der Waals surface area (Å²) in [4.78, 5) is 4.25. The molecule has 0 saturated carbocycles. The molecule has 3 nitrogen and oxygen atoms in total. The van der Waals surface area contributed by atoms with E-state index >= 15 is 0 Å². The molecule has 0 aromatic carbocycles. The van der Waals surface area contributed by atoms with Crippen LogP contribution in [0.4, 0.5) is 0 Å². The van der Waals surface area contributed by atoms with Crippen molar-refractivity contribution in [3.05, 3.63) is 28.5 Å². The Morgan fingerprint density at radius 1 is 1.57 bits per heavy atom. The van der Waals surface area contributed by atoms with Crippen molar-refractivity contribution in [1.29, 1.82) is 0 Å². The van der Waals surface area contributed by atoms with Gasteiger partial charge in [0.2, 0.25) is 0 Å². The molecule has 0 bridgehead atoms. The number of hydrogen-bond donors (Lipinski definition) is 1. The zero-order chi connectivity index (χ0) is 9.97. The maximum absolute atomic E-state index is 4.25. The first-order chi connectivity index (χ1) is 6.81. The Morgan fingerprint density at radius 2 is 2.43 bits per heavy atom. The standard InChI is InChI=1S/C10H14BrN3/c1-12-14-6-2-3-9(14)8-4-5-10(11)13-7-8/h4-5,7,9,12H,2-3,6H2,1H3/t9-/m1/s1. The largest absolute Gasteiger partial charge is 0.258 e. The first-order valence-electron chi connectivity index (χ1n) is 4.87. The summed E-state index contributed by atoms with van der Waals surface area (Å²) in [5.41, 5.74) is 4.51. The van der Waals surface area contributed by atoms with Gasteiger partial charge in [0.15, 0.2) is 0 Å². The van der Waals surface area contributed by atoms with E-state index in [2.05, 4.69) is 37.4 Å². The number of nitrogens with one attached hydrogen (secondary N) is 1. The number of halogens is 1. The molecule has 1 saturated heterocycles. The molecule has 0 aliphatic carbocycles. The van der Waals surface area contributed by atoms with Crippen LogP contribution < -0.4 is 5.43 Å². The van der Waals surface area contributed by atoms with Crippen molar-refractivity contribution < 1.29 is 0 Å². The third-order valence-corrected chi connectivity index (χ3v) is 3.14. The van der Waals surface area contributed by atoms with Crippen LogP contribution in [0.5, 0.6) is 0 Å². The van der Waals surface area contributed by atoms with E-state index in [0.29, 0.717) is 6.04 Å². The van der Waals surface area contributed by atoms with Gasteiger partial charge < -0.3 is 0 Å². The highest BCUT2D eigenvalue weighted by Crippen LogP contribution is 2.29. The van der Waals surface area contributed by atoms with Gasteiger partial charge in [-0.05, 0) is 47.4 Å². The van der Waals surface area contributed by atoms with Crippen molar-refractivity contribution in [3.63, 3.8) is 0 Å². The lowest BCUT2D eigenvalue weighted by Gasteiger charge is -2.23. The number of nitrogens with zero attached hydrogens (tertiary/aromatic N) is 2. The van der Waals surface area contributed by atoms with Crippen LogP contribution in [-0.4, -0.2) is 23.6 Å². The van der Waals surface area contributed by atoms with Crippen molar-refractivity contribution >= 4 is 15.9 Å². The van der Waals surface area contributed by atoms with Crippen LogP contribution in [0.15, 0.2) is 22.9 Å². The molecule has 1 aliphatic rings. The SMILES string of the molecule is CNN1CCC[C@@H]1c1ccc(Br)nc1. The van der Waals surface area contributed by atoms with Gasteiger partial charge in [0.1, 0.15) is 4.60 Å². The number of rotatable bonds is 2. The smallest absolute Gasteiger partial charge is 0.106 e. The van der Waals surface area contributed by atoms with E-state index in [4.69, 9.17) is 0 Å². The average Bonchev–Trinajstić information content (AvgIpc) is 2.67. The first kappa shape index (κ1) is 10.1. The Kier molecular flexibility index (Phi) is 3.15. The second kappa shape index (κ2) is 4.38. The summed E-state index contributed by atoms with van der Waals surface area (Å²) in [7, 11) is 1.98. The monoisotopic (exact) mass is 255 g/mol. The highest BCUT2D eigenvalue weighted by molar-refractivity contribution is 9.10. The molecule has 2 rings (SSSR count). The molecule has 1 aliphatic heterocycles. The van der Waals surface area contributed by atoms with E-state index < -0.39 is 0 Å².